The highest BCUT2D eigenvalue weighted by Crippen LogP contribution is 2.36. The normalized spacial score (nSPS) is 18.9. The fraction of sp³-hybridized carbons (Fsp3) is 0.174. The van der Waals surface area contributed by atoms with Gasteiger partial charge in [0.15, 0.2) is 0 Å². The van der Waals surface area contributed by atoms with Crippen LogP contribution in [0.4, 0.5) is 4.39 Å². The Morgan fingerprint density at radius 1 is 1.07 bits per heavy atom. The summed E-state index contributed by atoms with van der Waals surface area (Å²) in [6, 6.07) is 18.8. The van der Waals surface area contributed by atoms with E-state index in [-0.39, 0.29) is 17.6 Å². The molecule has 4 rings (SSSR count). The first-order chi connectivity index (χ1) is 14.0. The van der Waals surface area contributed by atoms with E-state index in [0.29, 0.717) is 22.6 Å². The molecule has 0 bridgehead atoms. The molecule has 4 nitrogen and oxygen atoms in total. The molecular weight excluding hydrogens is 391 g/mol. The molecule has 0 fully saturated rings. The van der Waals surface area contributed by atoms with E-state index in [2.05, 4.69) is 5.32 Å². The molecule has 3 aromatic carbocycles. The number of ether oxygens (including phenoxy) is 1. The maximum absolute atomic E-state index is 14.5. The molecule has 0 unspecified atom stereocenters. The number of hydrogen-bond acceptors (Lipinski definition) is 4. The minimum atomic E-state index is -0.592. The van der Waals surface area contributed by atoms with Gasteiger partial charge in [-0.2, -0.15) is 0 Å². The predicted octanol–water partition coefficient (Wildman–Crippen LogP) is 5.42. The molecule has 6 heteroatoms. The molecular formula is C23H20ClFN2O2. The summed E-state index contributed by atoms with van der Waals surface area (Å²) < 4.78 is 19.7. The minimum absolute atomic E-state index is 0.134. The number of halogens is 2. The molecule has 2 atom stereocenters. The van der Waals surface area contributed by atoms with Gasteiger partial charge in [0.2, 0.25) is 0 Å². The Hall–Kier alpha value is -2.89. The van der Waals surface area contributed by atoms with E-state index in [1.54, 1.807) is 43.5 Å². The zero-order chi connectivity index (χ0) is 20.4. The number of phenolic OH excluding ortho intramolecular Hbond substituents is 1. The molecule has 1 aliphatic heterocycles. The first-order valence-electron chi connectivity index (χ1n) is 9.25. The highest BCUT2D eigenvalue weighted by Gasteiger charge is 2.29. The summed E-state index contributed by atoms with van der Waals surface area (Å²) in [5, 5.41) is 14.3. The van der Waals surface area contributed by atoms with E-state index in [1.807, 2.05) is 24.3 Å². The Morgan fingerprint density at radius 3 is 2.55 bits per heavy atom. The summed E-state index contributed by atoms with van der Waals surface area (Å²) >= 11 is 6.16. The topological polar surface area (TPSA) is 53.8 Å². The summed E-state index contributed by atoms with van der Waals surface area (Å²) in [6.45, 7) is 0. The molecule has 3 aromatic rings. The third-order valence-corrected chi connectivity index (χ3v) is 5.26. The number of benzene rings is 3. The van der Waals surface area contributed by atoms with Gasteiger partial charge < -0.3 is 9.84 Å². The van der Waals surface area contributed by atoms with Crippen LogP contribution in [0.3, 0.4) is 0 Å². The number of aliphatic imine (C=N–C) groups is 1. The van der Waals surface area contributed by atoms with Crippen molar-refractivity contribution in [1.29, 1.82) is 0 Å². The molecule has 0 amide bonds. The van der Waals surface area contributed by atoms with Crippen molar-refractivity contribution >= 4 is 17.3 Å². The number of nitrogens with one attached hydrogen (secondary N) is 1. The predicted molar refractivity (Wildman–Crippen MR) is 112 cm³/mol. The average Bonchev–Trinajstić information content (AvgIpc) is 2.75. The van der Waals surface area contributed by atoms with Gasteiger partial charge in [-0.1, -0.05) is 29.8 Å². The molecule has 148 valence electrons. The second-order valence-corrected chi connectivity index (χ2v) is 7.29. The quantitative estimate of drug-likeness (QED) is 0.604. The Labute approximate surface area is 173 Å². The lowest BCUT2D eigenvalue weighted by Crippen LogP contribution is -2.33. The molecule has 29 heavy (non-hydrogen) atoms. The van der Waals surface area contributed by atoms with Crippen LogP contribution in [0.15, 0.2) is 71.7 Å². The van der Waals surface area contributed by atoms with Crippen molar-refractivity contribution in [2.45, 2.75) is 18.6 Å². The monoisotopic (exact) mass is 410 g/mol. The van der Waals surface area contributed by atoms with Crippen LogP contribution in [-0.2, 0) is 0 Å². The molecule has 0 saturated carbocycles. The van der Waals surface area contributed by atoms with Crippen molar-refractivity contribution in [3.8, 4) is 11.5 Å². The van der Waals surface area contributed by atoms with Crippen molar-refractivity contribution in [3.63, 3.8) is 0 Å². The van der Waals surface area contributed by atoms with Gasteiger partial charge >= 0.3 is 0 Å². The fourth-order valence-corrected chi connectivity index (χ4v) is 3.71. The number of methoxy groups -OCH3 is 1. The first-order valence-corrected chi connectivity index (χ1v) is 9.63. The number of aromatic hydroxyl groups is 1. The van der Waals surface area contributed by atoms with Crippen LogP contribution in [0.5, 0.6) is 11.5 Å². The first kappa shape index (κ1) is 19.4. The maximum atomic E-state index is 14.5. The lowest BCUT2D eigenvalue weighted by Gasteiger charge is -2.31. The van der Waals surface area contributed by atoms with E-state index >= 15 is 0 Å². The van der Waals surface area contributed by atoms with E-state index in [9.17, 15) is 9.50 Å². The highest BCUT2D eigenvalue weighted by molar-refractivity contribution is 6.30. The largest absolute Gasteiger partial charge is 0.508 e. The van der Waals surface area contributed by atoms with Gasteiger partial charge in [-0.05, 0) is 54.1 Å². The number of rotatable bonds is 4. The Kier molecular flexibility index (Phi) is 5.51. The summed E-state index contributed by atoms with van der Waals surface area (Å²) in [5.41, 5.74) is 2.83. The van der Waals surface area contributed by atoms with Crippen LogP contribution in [-0.4, -0.2) is 17.9 Å². The summed E-state index contributed by atoms with van der Waals surface area (Å²) in [6.07, 6.45) is -0.0732. The third kappa shape index (κ3) is 4.11. The van der Waals surface area contributed by atoms with Crippen LogP contribution in [0.1, 0.15) is 35.3 Å². The zero-order valence-electron chi connectivity index (χ0n) is 15.8. The van der Waals surface area contributed by atoms with Crippen LogP contribution in [0.25, 0.3) is 0 Å². The van der Waals surface area contributed by atoms with Gasteiger partial charge in [-0.25, -0.2) is 4.39 Å². The van der Waals surface area contributed by atoms with Gasteiger partial charge in [-0.15, -0.1) is 0 Å². The zero-order valence-corrected chi connectivity index (χ0v) is 16.5. The van der Waals surface area contributed by atoms with E-state index in [0.717, 1.165) is 17.0 Å². The van der Waals surface area contributed by atoms with E-state index < -0.39 is 6.17 Å². The molecule has 1 aliphatic rings. The van der Waals surface area contributed by atoms with Gasteiger partial charge in [0, 0.05) is 34.3 Å². The van der Waals surface area contributed by atoms with Crippen molar-refractivity contribution in [3.05, 3.63) is 94.3 Å². The Bertz CT molecular complexity index is 1050. The van der Waals surface area contributed by atoms with Gasteiger partial charge in [0.05, 0.1) is 7.11 Å². The highest BCUT2D eigenvalue weighted by atomic mass is 35.5. The molecule has 0 aliphatic carbocycles. The van der Waals surface area contributed by atoms with Crippen LogP contribution >= 0.6 is 11.6 Å². The minimum Gasteiger partial charge on any atom is -0.508 e. The average molecular weight is 411 g/mol. The van der Waals surface area contributed by atoms with Crippen molar-refractivity contribution in [2.24, 2.45) is 4.99 Å². The third-order valence-electron chi connectivity index (χ3n) is 5.03. The number of nitrogens with zero attached hydrogens (tertiary/aromatic N) is 1. The standard InChI is InChI=1S/C23H20ClFN2O2/c1-29-16-9-6-14(7-10-16)20-13-21(18-12-15(24)8-11-22(18)28)27-23(26-20)17-4-2-3-5-19(17)25/h2-12,21,23,27-28H,13H2,1H3/t21-,23-/m1/s1. The van der Waals surface area contributed by atoms with Crippen LogP contribution in [0, 0.1) is 5.82 Å². The molecule has 0 spiro atoms. The smallest absolute Gasteiger partial charge is 0.129 e. The molecule has 0 radical (unpaired) electrons. The van der Waals surface area contributed by atoms with Crippen LogP contribution < -0.4 is 10.1 Å². The van der Waals surface area contributed by atoms with E-state index in [1.165, 1.54) is 6.07 Å². The van der Waals surface area contributed by atoms with Crippen molar-refractivity contribution in [1.82, 2.24) is 5.32 Å². The molecule has 0 saturated heterocycles. The Balaban J connectivity index is 1.77. The van der Waals surface area contributed by atoms with E-state index in [4.69, 9.17) is 21.3 Å². The summed E-state index contributed by atoms with van der Waals surface area (Å²) in [7, 11) is 1.61. The molecule has 0 aromatic heterocycles. The van der Waals surface area contributed by atoms with Gasteiger partial charge in [-0.3, -0.25) is 10.3 Å². The van der Waals surface area contributed by atoms with Crippen molar-refractivity contribution < 1.29 is 14.2 Å². The van der Waals surface area contributed by atoms with Gasteiger partial charge in [0.25, 0.3) is 0 Å². The summed E-state index contributed by atoms with van der Waals surface area (Å²) in [4.78, 5) is 4.78. The maximum Gasteiger partial charge on any atom is 0.129 e. The number of phenols is 1. The number of hydrogen-bond donors (Lipinski definition) is 2. The van der Waals surface area contributed by atoms with Crippen molar-refractivity contribution in [2.75, 3.05) is 7.11 Å². The second-order valence-electron chi connectivity index (χ2n) is 6.85. The van der Waals surface area contributed by atoms with Gasteiger partial charge in [0.1, 0.15) is 23.5 Å². The lowest BCUT2D eigenvalue weighted by molar-refractivity contribution is 0.405. The fourth-order valence-electron chi connectivity index (χ4n) is 3.52. The molecule has 2 N–H and O–H groups in total. The van der Waals surface area contributed by atoms with Crippen LogP contribution in [0.2, 0.25) is 5.02 Å². The molecule has 1 heterocycles. The summed E-state index contributed by atoms with van der Waals surface area (Å²) in [5.74, 6) is 0.548. The Morgan fingerprint density at radius 2 is 1.83 bits per heavy atom. The second kappa shape index (κ2) is 8.23. The SMILES string of the molecule is COc1ccc(C2=N[C@@H](c3ccccc3F)N[C@@H](c3cc(Cl)ccc3O)C2)cc1. The lowest BCUT2D eigenvalue weighted by atomic mass is 9.93.